The lowest BCUT2D eigenvalue weighted by atomic mass is 9.50. The molecule has 3 fully saturated rings. The largest absolute Gasteiger partial charge is 0.447 e. The van der Waals surface area contributed by atoms with E-state index in [2.05, 4.69) is 18.2 Å². The normalized spacial score (nSPS) is 33.7. The monoisotopic (exact) mass is 476 g/mol. The van der Waals surface area contributed by atoms with Gasteiger partial charge in [-0.3, -0.25) is 5.41 Å². The molecule has 8 heteroatoms. The first-order chi connectivity index (χ1) is 15.9. The van der Waals surface area contributed by atoms with Crippen molar-refractivity contribution in [2.24, 2.45) is 16.7 Å². The summed E-state index contributed by atoms with van der Waals surface area (Å²) in [6.45, 7) is 0. The van der Waals surface area contributed by atoms with Crippen molar-refractivity contribution in [2.75, 3.05) is 0 Å². The fourth-order valence-electron chi connectivity index (χ4n) is 5.86. The van der Waals surface area contributed by atoms with E-state index in [4.69, 9.17) is 38.1 Å². The number of hydrogen-bond donors (Lipinski definition) is 1. The van der Waals surface area contributed by atoms with Crippen molar-refractivity contribution < 1.29 is 9.47 Å². The van der Waals surface area contributed by atoms with Crippen molar-refractivity contribution >= 4 is 29.1 Å². The third kappa shape index (κ3) is 2.71. The molecule has 0 amide bonds. The van der Waals surface area contributed by atoms with Crippen LogP contribution in [0.2, 0.25) is 10.0 Å². The minimum absolute atomic E-state index is 0.0842. The molecule has 0 spiro atoms. The van der Waals surface area contributed by atoms with E-state index < -0.39 is 28.6 Å². The average Bonchev–Trinajstić information content (AvgIpc) is 3.03. The van der Waals surface area contributed by atoms with Gasteiger partial charge in [0.1, 0.15) is 6.10 Å². The second-order valence-corrected chi connectivity index (χ2v) is 9.64. The predicted octanol–water partition coefficient (Wildman–Crippen LogP) is 5.90. The van der Waals surface area contributed by atoms with Gasteiger partial charge in [0.25, 0.3) is 0 Å². The minimum Gasteiger partial charge on any atom is -0.447 e. The molecule has 164 valence electrons. The summed E-state index contributed by atoms with van der Waals surface area (Å²) in [4.78, 5) is 0. The van der Waals surface area contributed by atoms with E-state index in [-0.39, 0.29) is 16.8 Å². The maximum atomic E-state index is 10.5. The molecule has 1 saturated carbocycles. The lowest BCUT2D eigenvalue weighted by Gasteiger charge is -2.53. The molecule has 0 radical (unpaired) electrons. The smallest absolute Gasteiger partial charge is 0.217 e. The second kappa shape index (κ2) is 7.47. The van der Waals surface area contributed by atoms with Gasteiger partial charge in [-0.2, -0.15) is 15.8 Å². The molecule has 2 bridgehead atoms. The lowest BCUT2D eigenvalue weighted by Crippen LogP contribution is -2.60. The van der Waals surface area contributed by atoms with Gasteiger partial charge in [-0.15, -0.1) is 0 Å². The minimum atomic E-state index is -2.04. The highest BCUT2D eigenvalue weighted by molar-refractivity contribution is 6.35. The molecule has 2 aromatic rings. The van der Waals surface area contributed by atoms with Crippen molar-refractivity contribution in [1.82, 2.24) is 0 Å². The molecule has 5 atom stereocenters. The number of rotatable bonds is 2. The Morgan fingerprint density at radius 3 is 2.36 bits per heavy atom. The Kier molecular flexibility index (Phi) is 4.93. The van der Waals surface area contributed by atoms with Crippen LogP contribution in [0.4, 0.5) is 0 Å². The first-order valence-corrected chi connectivity index (χ1v) is 11.3. The SMILES string of the molecule is N#CC1(C#N)C(c2ccc(Cl)cc2Cl)OC23CCC(c4ccccc4)CC2C1(C#N)C(=N)O3. The van der Waals surface area contributed by atoms with Gasteiger partial charge < -0.3 is 9.47 Å². The molecule has 33 heavy (non-hydrogen) atoms. The third-order valence-corrected chi connectivity index (χ3v) is 7.99. The summed E-state index contributed by atoms with van der Waals surface area (Å²) in [5.41, 5.74) is -2.38. The van der Waals surface area contributed by atoms with Crippen LogP contribution in [0.3, 0.4) is 0 Å². The summed E-state index contributed by atoms with van der Waals surface area (Å²) in [5.74, 6) is -2.26. The van der Waals surface area contributed by atoms with Crippen LogP contribution in [0.5, 0.6) is 0 Å². The molecule has 2 heterocycles. The second-order valence-electron chi connectivity index (χ2n) is 8.79. The van der Waals surface area contributed by atoms with Gasteiger partial charge >= 0.3 is 0 Å². The van der Waals surface area contributed by atoms with E-state index in [1.54, 1.807) is 12.1 Å². The standard InChI is InChI=1S/C25H18Cl2N4O2/c26-17-6-7-18(19(27)11-17)21-23(12-28,13-29)24(14-30)20-10-16(15-4-2-1-3-5-15)8-9-25(20,32-21)33-22(24)31/h1-7,11,16,20-21,31H,8-10H2. The Morgan fingerprint density at radius 1 is 1.00 bits per heavy atom. The zero-order chi connectivity index (χ0) is 23.4. The lowest BCUT2D eigenvalue weighted by molar-refractivity contribution is -0.296. The van der Waals surface area contributed by atoms with E-state index >= 15 is 0 Å². The van der Waals surface area contributed by atoms with E-state index in [0.29, 0.717) is 29.8 Å². The van der Waals surface area contributed by atoms with Crippen LogP contribution in [0.1, 0.15) is 42.4 Å². The molecule has 2 aromatic carbocycles. The van der Waals surface area contributed by atoms with Crippen LogP contribution in [0, 0.1) is 56.2 Å². The number of ether oxygens (including phenoxy) is 2. The maximum Gasteiger partial charge on any atom is 0.217 e. The van der Waals surface area contributed by atoms with Gasteiger partial charge in [0.05, 0.1) is 24.1 Å². The molecule has 5 rings (SSSR count). The number of halogens is 2. The van der Waals surface area contributed by atoms with Crippen molar-refractivity contribution in [2.45, 2.75) is 37.1 Å². The van der Waals surface area contributed by atoms with Crippen LogP contribution >= 0.6 is 23.2 Å². The van der Waals surface area contributed by atoms with E-state index in [1.807, 2.05) is 30.3 Å². The van der Waals surface area contributed by atoms with Crippen LogP contribution in [0.25, 0.3) is 0 Å². The molecular weight excluding hydrogens is 459 g/mol. The van der Waals surface area contributed by atoms with E-state index in [0.717, 1.165) is 5.56 Å². The summed E-state index contributed by atoms with van der Waals surface area (Å²) >= 11 is 12.5. The summed E-state index contributed by atoms with van der Waals surface area (Å²) < 4.78 is 12.5. The number of nitrogens with one attached hydrogen (secondary N) is 1. The van der Waals surface area contributed by atoms with E-state index in [1.165, 1.54) is 6.07 Å². The highest BCUT2D eigenvalue weighted by atomic mass is 35.5. The molecule has 1 N–H and O–H groups in total. The van der Waals surface area contributed by atoms with Gasteiger partial charge in [0.2, 0.25) is 17.1 Å². The Balaban J connectivity index is 1.70. The molecule has 6 nitrogen and oxygen atoms in total. The quantitative estimate of drug-likeness (QED) is 0.579. The van der Waals surface area contributed by atoms with Gasteiger partial charge in [0.15, 0.2) is 5.41 Å². The van der Waals surface area contributed by atoms with E-state index in [9.17, 15) is 15.8 Å². The van der Waals surface area contributed by atoms with Crippen molar-refractivity contribution in [1.29, 1.82) is 21.2 Å². The number of hydrogen-bond acceptors (Lipinski definition) is 6. The molecule has 0 aromatic heterocycles. The first-order valence-electron chi connectivity index (χ1n) is 10.6. The zero-order valence-electron chi connectivity index (χ0n) is 17.4. The highest BCUT2D eigenvalue weighted by Gasteiger charge is 2.81. The average molecular weight is 477 g/mol. The molecule has 2 aliphatic heterocycles. The Bertz CT molecular complexity index is 1260. The summed E-state index contributed by atoms with van der Waals surface area (Å²) in [6, 6.07) is 20.9. The maximum absolute atomic E-state index is 10.5. The Labute approximate surface area is 201 Å². The Morgan fingerprint density at radius 2 is 1.73 bits per heavy atom. The number of nitriles is 3. The van der Waals surface area contributed by atoms with Crippen molar-refractivity contribution in [3.8, 4) is 18.2 Å². The van der Waals surface area contributed by atoms with Gasteiger partial charge in [-0.1, -0.05) is 59.6 Å². The first kappa shape index (κ1) is 21.7. The van der Waals surface area contributed by atoms with Crippen molar-refractivity contribution in [3.63, 3.8) is 0 Å². The van der Waals surface area contributed by atoms with Gasteiger partial charge in [0, 0.05) is 22.0 Å². The van der Waals surface area contributed by atoms with Gasteiger partial charge in [-0.05, 0) is 36.5 Å². The van der Waals surface area contributed by atoms with Crippen LogP contribution < -0.4 is 0 Å². The fraction of sp³-hybridized carbons (Fsp3) is 0.360. The molecule has 2 saturated heterocycles. The summed E-state index contributed by atoms with van der Waals surface area (Å²) in [5, 5.41) is 40.6. The number of nitrogens with zero attached hydrogens (tertiary/aromatic N) is 3. The summed E-state index contributed by atoms with van der Waals surface area (Å²) in [7, 11) is 0. The van der Waals surface area contributed by atoms with Crippen molar-refractivity contribution in [3.05, 3.63) is 69.7 Å². The zero-order valence-corrected chi connectivity index (χ0v) is 18.9. The molecule has 1 aliphatic carbocycles. The highest BCUT2D eigenvalue weighted by Crippen LogP contribution is 2.70. The topological polar surface area (TPSA) is 114 Å². The summed E-state index contributed by atoms with van der Waals surface area (Å²) in [6.07, 6.45) is 0.385. The van der Waals surface area contributed by atoms with Crippen LogP contribution in [0.15, 0.2) is 48.5 Å². The molecule has 5 unspecified atom stereocenters. The predicted molar refractivity (Wildman–Crippen MR) is 120 cm³/mol. The fourth-order valence-corrected chi connectivity index (χ4v) is 6.37. The third-order valence-electron chi connectivity index (χ3n) is 7.43. The number of benzene rings is 2. The molecule has 3 aliphatic rings. The van der Waals surface area contributed by atoms with Crippen LogP contribution in [-0.2, 0) is 9.47 Å². The van der Waals surface area contributed by atoms with Gasteiger partial charge in [-0.25, -0.2) is 0 Å². The Hall–Kier alpha value is -3.08. The van der Waals surface area contributed by atoms with Crippen LogP contribution in [-0.4, -0.2) is 11.7 Å². The molecular formula is C25H18Cl2N4O2.